The molecule has 5 heteroatoms. The Morgan fingerprint density at radius 1 is 0.849 bits per heavy atom. The Hall–Kier alpha value is -4.01. The van der Waals surface area contributed by atoms with Crippen LogP contribution >= 0.6 is 8.73 Å². The summed E-state index contributed by atoms with van der Waals surface area (Å²) < 4.78 is 2.80. The maximum absolute atomic E-state index is 4.23. The second kappa shape index (κ2) is 12.5. The first-order chi connectivity index (χ1) is 25.3. The van der Waals surface area contributed by atoms with Gasteiger partial charge in [0.05, 0.1) is 22.9 Å². The van der Waals surface area contributed by atoms with E-state index in [1.54, 1.807) is 0 Å². The van der Waals surface area contributed by atoms with Gasteiger partial charge in [0, 0.05) is 54.9 Å². The highest BCUT2D eigenvalue weighted by atomic mass is 31.1. The number of aromatic nitrogens is 1. The van der Waals surface area contributed by atoms with Crippen molar-refractivity contribution in [1.82, 2.24) is 9.24 Å². The topological polar surface area (TPSA) is 23.4 Å². The molecular weight excluding hydrogens is 664 g/mol. The molecule has 2 bridgehead atoms. The number of benzene rings is 3. The van der Waals surface area contributed by atoms with Crippen molar-refractivity contribution in [3.63, 3.8) is 0 Å². The minimum atomic E-state index is 0.000107. The van der Waals surface area contributed by atoms with E-state index in [1.807, 2.05) is 0 Å². The zero-order chi connectivity index (χ0) is 37.0. The Morgan fingerprint density at radius 3 is 2.36 bits per heavy atom. The van der Waals surface area contributed by atoms with E-state index in [0.29, 0.717) is 26.6 Å². The lowest BCUT2D eigenvalue weighted by Gasteiger charge is -2.39. The Bertz CT molecular complexity index is 2250. The molecule has 3 aromatic carbocycles. The minimum absolute atomic E-state index is 0.000107. The van der Waals surface area contributed by atoms with Gasteiger partial charge in [0.15, 0.2) is 0 Å². The summed E-state index contributed by atoms with van der Waals surface area (Å²) in [5, 5.41) is 7.15. The lowest BCUT2D eigenvalue weighted by Crippen LogP contribution is -2.34. The molecule has 0 amide bonds. The Kier molecular flexibility index (Phi) is 8.21. The molecule has 0 saturated carbocycles. The van der Waals surface area contributed by atoms with Gasteiger partial charge in [-0.25, -0.2) is 0 Å². The second-order valence-electron chi connectivity index (χ2n) is 18.6. The largest absolute Gasteiger partial charge is 0.374 e. The Labute approximate surface area is 319 Å². The molecule has 4 nitrogen and oxygen atoms in total. The fourth-order valence-electron chi connectivity index (χ4n) is 9.67. The normalized spacial score (nSPS) is 23.6. The van der Waals surface area contributed by atoms with Gasteiger partial charge in [0.1, 0.15) is 6.17 Å². The number of rotatable bonds is 3. The van der Waals surface area contributed by atoms with Crippen LogP contribution in [-0.2, 0) is 17.3 Å². The predicted molar refractivity (Wildman–Crippen MR) is 230 cm³/mol. The van der Waals surface area contributed by atoms with Crippen molar-refractivity contribution in [2.45, 2.75) is 110 Å². The number of hydrogen-bond acceptors (Lipinski definition) is 3. The number of hydrogen-bond donors (Lipinski definition) is 1. The van der Waals surface area contributed by atoms with Crippen LogP contribution in [0.2, 0.25) is 0 Å². The fourth-order valence-corrected chi connectivity index (χ4v) is 11.3. The van der Waals surface area contributed by atoms with E-state index in [-0.39, 0.29) is 23.0 Å². The van der Waals surface area contributed by atoms with E-state index in [1.165, 1.54) is 72.2 Å². The summed E-state index contributed by atoms with van der Waals surface area (Å²) in [5.41, 5.74) is 15.4. The van der Waals surface area contributed by atoms with Crippen LogP contribution in [0.1, 0.15) is 120 Å². The van der Waals surface area contributed by atoms with Crippen molar-refractivity contribution in [2.24, 2.45) is 11.8 Å². The number of para-hydroxylation sites is 1. The molecule has 53 heavy (non-hydrogen) atoms. The van der Waals surface area contributed by atoms with Gasteiger partial charge >= 0.3 is 0 Å². The van der Waals surface area contributed by atoms with Crippen LogP contribution in [0.15, 0.2) is 85.1 Å². The van der Waals surface area contributed by atoms with E-state index >= 15 is 0 Å². The first kappa shape index (κ1) is 34.7. The third-order valence-electron chi connectivity index (χ3n) is 12.7. The maximum Gasteiger partial charge on any atom is 0.128 e. The van der Waals surface area contributed by atoms with Crippen LogP contribution in [0.3, 0.4) is 0 Å². The van der Waals surface area contributed by atoms with Crippen molar-refractivity contribution in [3.8, 4) is 11.1 Å². The minimum Gasteiger partial charge on any atom is -0.374 e. The van der Waals surface area contributed by atoms with Crippen molar-refractivity contribution in [3.05, 3.63) is 119 Å². The molecule has 0 saturated heterocycles. The molecule has 5 aliphatic rings. The summed E-state index contributed by atoms with van der Waals surface area (Å²) in [5.74, 6) is 1.05. The molecule has 274 valence electrons. The van der Waals surface area contributed by atoms with E-state index < -0.39 is 0 Å². The second-order valence-corrected chi connectivity index (χ2v) is 19.8. The van der Waals surface area contributed by atoms with E-state index in [0.717, 1.165) is 25.7 Å². The molecule has 9 rings (SSSR count). The molecule has 0 radical (unpaired) electrons. The van der Waals surface area contributed by atoms with Crippen molar-refractivity contribution in [1.29, 1.82) is 0 Å². The molecule has 0 fully saturated rings. The number of anilines is 2. The average molecular weight is 721 g/mol. The Morgan fingerprint density at radius 2 is 1.62 bits per heavy atom. The molecule has 1 N–H and O–H groups in total. The van der Waals surface area contributed by atoms with Gasteiger partial charge in [-0.2, -0.15) is 0 Å². The molecule has 5 atom stereocenters. The molecule has 1 aromatic heterocycles. The number of nitrogens with one attached hydrogen (secondary N) is 1. The van der Waals surface area contributed by atoms with Gasteiger partial charge in [0.2, 0.25) is 0 Å². The number of allylic oxidation sites excluding steroid dienone is 6. The molecule has 5 unspecified atom stereocenters. The first-order valence-electron chi connectivity index (χ1n) is 20.0. The highest BCUT2D eigenvalue weighted by molar-refractivity contribution is 7.46. The SMILES string of the molecule is CC(C)N1c2cccc3c2NC1c1cc(C(C)(C)C)cc2c4c(n(c12)Pc1c-3cc(C(C)(C)C)cc1C1CC(C2C=CC=CC2)C=CN1C)CCC=C4. The van der Waals surface area contributed by atoms with Crippen molar-refractivity contribution >= 4 is 42.4 Å². The van der Waals surface area contributed by atoms with Gasteiger partial charge in [-0.3, -0.25) is 0 Å². The van der Waals surface area contributed by atoms with Gasteiger partial charge < -0.3 is 19.5 Å². The highest BCUT2D eigenvalue weighted by Crippen LogP contribution is 2.53. The molecular formula is C48H57N4P. The predicted octanol–water partition coefficient (Wildman–Crippen LogP) is 11.9. The van der Waals surface area contributed by atoms with Gasteiger partial charge in [-0.15, -0.1) is 0 Å². The lowest BCUT2D eigenvalue weighted by atomic mass is 9.77. The summed E-state index contributed by atoms with van der Waals surface area (Å²) in [6.07, 6.45) is 23.4. The van der Waals surface area contributed by atoms with Crippen molar-refractivity contribution < 1.29 is 0 Å². The van der Waals surface area contributed by atoms with Gasteiger partial charge in [0.25, 0.3) is 0 Å². The van der Waals surface area contributed by atoms with Crippen molar-refractivity contribution in [2.75, 3.05) is 17.3 Å². The van der Waals surface area contributed by atoms with Crippen LogP contribution < -0.4 is 15.5 Å². The monoisotopic (exact) mass is 720 g/mol. The first-order valence-corrected chi connectivity index (χ1v) is 21.0. The quantitative estimate of drug-likeness (QED) is 0.213. The molecule has 4 aromatic rings. The molecule has 0 spiro atoms. The Balaban J connectivity index is 1.38. The van der Waals surface area contributed by atoms with Crippen LogP contribution in [0.5, 0.6) is 0 Å². The lowest BCUT2D eigenvalue weighted by molar-refractivity contribution is 0.244. The number of fused-ring (bicyclic) bond motifs is 7. The molecule has 3 aliphatic heterocycles. The number of nitrogens with zero attached hydrogens (tertiary/aromatic N) is 3. The van der Waals surface area contributed by atoms with Crippen LogP contribution in [0.25, 0.3) is 28.1 Å². The van der Waals surface area contributed by atoms with E-state index in [2.05, 4.69) is 173 Å². The standard InChI is InChI=1S/C48H57N4P/c1-29(2)51-41-21-15-19-35-37-26-33(48(6,7)8)27-38(42-24-31(22-23-50(42)9)30-16-11-10-12-17-30)45(37)53-52-40-20-14-13-18-34(40)36-25-32(47(3,4)5)28-39(44(36)52)46(51)49-43(35)41/h10-13,15-16,18-19,21-23,25-31,42,46,49,53H,14,17,20,24H2,1-9H3. The highest BCUT2D eigenvalue weighted by Gasteiger charge is 2.39. The van der Waals surface area contributed by atoms with Gasteiger partial charge in [-0.1, -0.05) is 102 Å². The van der Waals surface area contributed by atoms with E-state index in [4.69, 9.17) is 0 Å². The van der Waals surface area contributed by atoms with Crippen LogP contribution in [0, 0.1) is 11.8 Å². The summed E-state index contributed by atoms with van der Waals surface area (Å²) >= 11 is 0. The zero-order valence-electron chi connectivity index (χ0n) is 33.2. The average Bonchev–Trinajstić information content (AvgIpc) is 3.67. The van der Waals surface area contributed by atoms with Crippen LogP contribution in [-0.4, -0.2) is 22.3 Å². The van der Waals surface area contributed by atoms with Crippen LogP contribution in [0.4, 0.5) is 11.4 Å². The fraction of sp³-hybridized carbons (Fsp3) is 0.417. The van der Waals surface area contributed by atoms with Gasteiger partial charge in [-0.05, 0) is 115 Å². The van der Waals surface area contributed by atoms with E-state index in [9.17, 15) is 0 Å². The summed E-state index contributed by atoms with van der Waals surface area (Å²) in [7, 11) is 2.79. The molecule has 2 aliphatic carbocycles. The summed E-state index contributed by atoms with van der Waals surface area (Å²) in [4.78, 5) is 5.17. The summed E-state index contributed by atoms with van der Waals surface area (Å²) in [6.45, 7) is 19.0. The third kappa shape index (κ3) is 5.65. The third-order valence-corrected chi connectivity index (χ3v) is 14.2. The maximum atomic E-state index is 4.23. The smallest absolute Gasteiger partial charge is 0.128 e. The molecule has 4 heterocycles. The zero-order valence-corrected chi connectivity index (χ0v) is 34.2. The summed E-state index contributed by atoms with van der Waals surface area (Å²) in [6, 6.07) is 17.9.